The molecule has 2 fully saturated rings. The van der Waals surface area contributed by atoms with Gasteiger partial charge in [-0.2, -0.15) is 0 Å². The molecule has 0 spiro atoms. The Morgan fingerprint density at radius 1 is 1.19 bits per heavy atom. The summed E-state index contributed by atoms with van der Waals surface area (Å²) in [7, 11) is 0. The quantitative estimate of drug-likeness (QED) is 0.580. The summed E-state index contributed by atoms with van der Waals surface area (Å²) >= 11 is 1.53. The maximum absolute atomic E-state index is 13.3. The maximum Gasteiger partial charge on any atom is 0.236 e. The second-order valence-corrected chi connectivity index (χ2v) is 10.2. The first-order valence-electron chi connectivity index (χ1n) is 11.3. The molecule has 0 unspecified atom stereocenters. The van der Waals surface area contributed by atoms with E-state index in [1.165, 1.54) is 28.0 Å². The first-order chi connectivity index (χ1) is 15.5. The van der Waals surface area contributed by atoms with E-state index in [2.05, 4.69) is 59.4 Å². The zero-order valence-corrected chi connectivity index (χ0v) is 19.4. The fourth-order valence-electron chi connectivity index (χ4n) is 4.69. The van der Waals surface area contributed by atoms with E-state index in [1.54, 1.807) is 0 Å². The van der Waals surface area contributed by atoms with Crippen molar-refractivity contribution in [2.24, 2.45) is 0 Å². The Bertz CT molecular complexity index is 1120. The number of thiazole rings is 1. The summed E-state index contributed by atoms with van der Waals surface area (Å²) in [4.78, 5) is 21.2. The minimum absolute atomic E-state index is 0.0335. The standard InChI is InChI=1S/C26H29N3O2S/c1-17-8-9-20(14-18(17)2)26(11-12-26)24(31)28-25-27-15-22(32-25)23(19-6-4-3-5-7-19)29-13-10-21(30)16-29/h3-9,14-15,21,23,30H,10-13,16H2,1-2H3,(H,27,28,31)/t21-,23-/m1/s1. The van der Waals surface area contributed by atoms with Crippen molar-refractivity contribution in [1.29, 1.82) is 0 Å². The molecule has 1 saturated heterocycles. The fraction of sp³-hybridized carbons (Fsp3) is 0.385. The van der Waals surface area contributed by atoms with Crippen LogP contribution in [0.15, 0.2) is 54.7 Å². The number of nitrogens with zero attached hydrogens (tertiary/aromatic N) is 2. The molecule has 1 amide bonds. The van der Waals surface area contributed by atoms with Crippen molar-refractivity contribution in [2.75, 3.05) is 18.4 Å². The number of hydrogen-bond donors (Lipinski definition) is 2. The molecular formula is C26H29N3O2S. The van der Waals surface area contributed by atoms with Gasteiger partial charge in [0, 0.05) is 24.2 Å². The highest BCUT2D eigenvalue weighted by Crippen LogP contribution is 2.49. The summed E-state index contributed by atoms with van der Waals surface area (Å²) in [5.41, 5.74) is 4.31. The van der Waals surface area contributed by atoms with E-state index in [0.29, 0.717) is 11.7 Å². The Balaban J connectivity index is 1.37. The molecule has 5 nitrogen and oxygen atoms in total. The van der Waals surface area contributed by atoms with Gasteiger partial charge in [-0.1, -0.05) is 59.9 Å². The van der Waals surface area contributed by atoms with Gasteiger partial charge in [0.05, 0.1) is 17.6 Å². The monoisotopic (exact) mass is 447 g/mol. The lowest BCUT2D eigenvalue weighted by Crippen LogP contribution is -2.28. The Labute approximate surface area is 193 Å². The van der Waals surface area contributed by atoms with Crippen molar-refractivity contribution in [3.8, 4) is 0 Å². The topological polar surface area (TPSA) is 65.5 Å². The lowest BCUT2D eigenvalue weighted by Gasteiger charge is -2.26. The van der Waals surface area contributed by atoms with Gasteiger partial charge in [-0.25, -0.2) is 4.98 Å². The van der Waals surface area contributed by atoms with E-state index in [-0.39, 0.29) is 18.1 Å². The summed E-state index contributed by atoms with van der Waals surface area (Å²) in [6, 6.07) is 16.7. The van der Waals surface area contributed by atoms with Gasteiger partial charge in [-0.05, 0) is 55.4 Å². The molecule has 2 aromatic carbocycles. The number of aromatic nitrogens is 1. The predicted molar refractivity (Wildman–Crippen MR) is 128 cm³/mol. The highest BCUT2D eigenvalue weighted by molar-refractivity contribution is 7.15. The third-order valence-electron chi connectivity index (χ3n) is 6.93. The zero-order valence-electron chi connectivity index (χ0n) is 18.5. The molecule has 3 aromatic rings. The summed E-state index contributed by atoms with van der Waals surface area (Å²) in [5.74, 6) is 0.0366. The molecule has 1 saturated carbocycles. The number of anilines is 1. The number of aliphatic hydroxyl groups is 1. The first-order valence-corrected chi connectivity index (χ1v) is 12.1. The summed E-state index contributed by atoms with van der Waals surface area (Å²) < 4.78 is 0. The molecule has 1 aromatic heterocycles. The SMILES string of the molecule is Cc1ccc(C2(C(=O)Nc3ncc([C@@H](c4ccccc4)N4CC[C@@H](O)C4)s3)CC2)cc1C. The van der Waals surface area contributed by atoms with E-state index >= 15 is 0 Å². The molecule has 2 heterocycles. The second-order valence-electron chi connectivity index (χ2n) is 9.15. The van der Waals surface area contributed by atoms with Gasteiger partial charge in [0.2, 0.25) is 5.91 Å². The third kappa shape index (κ3) is 3.98. The van der Waals surface area contributed by atoms with Crippen molar-refractivity contribution in [2.45, 2.75) is 50.7 Å². The predicted octanol–water partition coefficient (Wildman–Crippen LogP) is 4.59. The van der Waals surface area contributed by atoms with Gasteiger partial charge in [0.15, 0.2) is 5.13 Å². The number of carbonyl (C=O) groups is 1. The molecule has 2 atom stereocenters. The van der Waals surface area contributed by atoms with Crippen molar-refractivity contribution >= 4 is 22.4 Å². The van der Waals surface area contributed by atoms with Crippen LogP contribution >= 0.6 is 11.3 Å². The van der Waals surface area contributed by atoms with Crippen LogP contribution in [0.25, 0.3) is 0 Å². The van der Waals surface area contributed by atoms with E-state index < -0.39 is 5.41 Å². The van der Waals surface area contributed by atoms with Crippen LogP contribution in [0.1, 0.15) is 52.4 Å². The van der Waals surface area contributed by atoms with Crippen molar-refractivity contribution in [3.63, 3.8) is 0 Å². The highest BCUT2D eigenvalue weighted by atomic mass is 32.1. The first kappa shape index (κ1) is 21.3. The molecular weight excluding hydrogens is 418 g/mol. The van der Waals surface area contributed by atoms with Gasteiger partial charge < -0.3 is 10.4 Å². The number of benzene rings is 2. The number of aliphatic hydroxyl groups excluding tert-OH is 1. The molecule has 32 heavy (non-hydrogen) atoms. The van der Waals surface area contributed by atoms with Crippen LogP contribution in [0.5, 0.6) is 0 Å². The molecule has 6 heteroatoms. The number of aryl methyl sites for hydroxylation is 2. The number of rotatable bonds is 6. The summed E-state index contributed by atoms with van der Waals surface area (Å²) in [6.07, 6.45) is 4.11. The zero-order chi connectivity index (χ0) is 22.3. The average Bonchev–Trinajstić information content (AvgIpc) is 3.31. The number of β-amino-alcohol motifs (C(OH)–C–C–N with tert-alkyl or cyclic N) is 1. The Kier molecular flexibility index (Phi) is 5.61. The molecule has 1 aliphatic carbocycles. The largest absolute Gasteiger partial charge is 0.392 e. The summed E-state index contributed by atoms with van der Waals surface area (Å²) in [6.45, 7) is 5.68. The Hall–Kier alpha value is -2.54. The van der Waals surface area contributed by atoms with Crippen molar-refractivity contribution in [1.82, 2.24) is 9.88 Å². The Morgan fingerprint density at radius 2 is 1.97 bits per heavy atom. The van der Waals surface area contributed by atoms with Crippen LogP contribution in [0.4, 0.5) is 5.13 Å². The van der Waals surface area contributed by atoms with Crippen LogP contribution in [-0.2, 0) is 10.2 Å². The smallest absolute Gasteiger partial charge is 0.236 e. The Morgan fingerprint density at radius 3 is 2.62 bits per heavy atom. The maximum atomic E-state index is 13.3. The summed E-state index contributed by atoms with van der Waals surface area (Å²) in [5, 5.41) is 13.8. The molecule has 166 valence electrons. The molecule has 0 bridgehead atoms. The van der Waals surface area contributed by atoms with Gasteiger partial charge in [-0.3, -0.25) is 9.69 Å². The molecule has 0 radical (unpaired) electrons. The minimum atomic E-state index is -0.428. The van der Waals surface area contributed by atoms with Crippen LogP contribution in [0, 0.1) is 13.8 Å². The van der Waals surface area contributed by atoms with Crippen molar-refractivity contribution in [3.05, 3.63) is 81.9 Å². The van der Waals surface area contributed by atoms with Gasteiger partial charge in [-0.15, -0.1) is 0 Å². The number of amides is 1. The molecule has 5 rings (SSSR count). The van der Waals surface area contributed by atoms with Crippen LogP contribution < -0.4 is 5.32 Å². The second kappa shape index (κ2) is 8.43. The molecule has 2 N–H and O–H groups in total. The van der Waals surface area contributed by atoms with Crippen LogP contribution in [0.3, 0.4) is 0 Å². The van der Waals surface area contributed by atoms with Gasteiger partial charge >= 0.3 is 0 Å². The third-order valence-corrected chi connectivity index (χ3v) is 7.90. The van der Waals surface area contributed by atoms with E-state index in [0.717, 1.165) is 36.2 Å². The molecule has 2 aliphatic rings. The lowest BCUT2D eigenvalue weighted by atomic mass is 9.92. The van der Waals surface area contributed by atoms with Crippen LogP contribution in [0.2, 0.25) is 0 Å². The normalized spacial score (nSPS) is 20.8. The number of likely N-dealkylation sites (tertiary alicyclic amines) is 1. The highest BCUT2D eigenvalue weighted by Gasteiger charge is 2.51. The number of nitrogens with one attached hydrogen (secondary N) is 1. The number of hydrogen-bond acceptors (Lipinski definition) is 5. The molecule has 1 aliphatic heterocycles. The minimum Gasteiger partial charge on any atom is -0.392 e. The number of carbonyl (C=O) groups excluding carboxylic acids is 1. The van der Waals surface area contributed by atoms with E-state index in [1.807, 2.05) is 24.4 Å². The van der Waals surface area contributed by atoms with Crippen molar-refractivity contribution < 1.29 is 9.90 Å². The van der Waals surface area contributed by atoms with E-state index in [9.17, 15) is 9.90 Å². The van der Waals surface area contributed by atoms with Crippen LogP contribution in [-0.4, -0.2) is 40.1 Å². The van der Waals surface area contributed by atoms with E-state index in [4.69, 9.17) is 0 Å². The fourth-order valence-corrected chi connectivity index (χ4v) is 5.67. The lowest BCUT2D eigenvalue weighted by molar-refractivity contribution is -0.118. The van der Waals surface area contributed by atoms with Gasteiger partial charge in [0.25, 0.3) is 0 Å². The average molecular weight is 448 g/mol. The van der Waals surface area contributed by atoms with Gasteiger partial charge in [0.1, 0.15) is 0 Å².